The summed E-state index contributed by atoms with van der Waals surface area (Å²) in [6.07, 6.45) is 1.73. The van der Waals surface area contributed by atoms with Crippen LogP contribution < -0.4 is 10.6 Å². The molecule has 6 nitrogen and oxygen atoms in total. The van der Waals surface area contributed by atoms with Gasteiger partial charge < -0.3 is 15.5 Å². The molecule has 2 amide bonds. The lowest BCUT2D eigenvalue weighted by Gasteiger charge is -2.26. The number of halogens is 1. The third-order valence-electron chi connectivity index (χ3n) is 3.73. The fourth-order valence-electron chi connectivity index (χ4n) is 2.43. The number of pyridine rings is 1. The highest BCUT2D eigenvalue weighted by Gasteiger charge is 2.21. The fraction of sp³-hybridized carbons (Fsp3) is 0.235. The van der Waals surface area contributed by atoms with Crippen LogP contribution in [-0.4, -0.2) is 41.3 Å². The van der Waals surface area contributed by atoms with Crippen LogP contribution in [0, 0.1) is 0 Å². The lowest BCUT2D eigenvalue weighted by Crippen LogP contribution is -2.49. The average molecular weight is 389 g/mol. The molecule has 0 bridgehead atoms. The van der Waals surface area contributed by atoms with E-state index in [2.05, 4.69) is 31.5 Å². The van der Waals surface area contributed by atoms with Crippen molar-refractivity contribution in [1.29, 1.82) is 0 Å². The molecule has 1 fully saturated rings. The molecule has 1 saturated heterocycles. The number of benzene rings is 1. The minimum absolute atomic E-state index is 0.112. The van der Waals surface area contributed by atoms with Gasteiger partial charge in [0.2, 0.25) is 5.91 Å². The maximum absolute atomic E-state index is 12.4. The van der Waals surface area contributed by atoms with Gasteiger partial charge in [0.05, 0.1) is 6.54 Å². The van der Waals surface area contributed by atoms with Gasteiger partial charge in [-0.15, -0.1) is 0 Å². The maximum Gasteiger partial charge on any atom is 0.254 e. The molecule has 1 aliphatic rings. The fourth-order valence-corrected chi connectivity index (χ4v) is 2.67. The molecular formula is C17H17BrN4O2. The third kappa shape index (κ3) is 4.11. The summed E-state index contributed by atoms with van der Waals surface area (Å²) in [6, 6.07) is 11.2. The van der Waals surface area contributed by atoms with E-state index >= 15 is 0 Å². The predicted octanol–water partition coefficient (Wildman–Crippen LogP) is 2.03. The number of hydrogen-bond acceptors (Lipinski definition) is 4. The van der Waals surface area contributed by atoms with Gasteiger partial charge in [-0.05, 0) is 45.8 Å². The number of carbonyl (C=O) groups is 2. The van der Waals surface area contributed by atoms with Crippen molar-refractivity contribution in [3.05, 3.63) is 58.2 Å². The van der Waals surface area contributed by atoms with Gasteiger partial charge in [-0.25, -0.2) is 4.98 Å². The van der Waals surface area contributed by atoms with E-state index < -0.39 is 0 Å². The molecule has 1 aromatic carbocycles. The monoisotopic (exact) mass is 388 g/mol. The van der Waals surface area contributed by atoms with Crippen LogP contribution in [0.3, 0.4) is 0 Å². The second-order valence-corrected chi connectivity index (χ2v) is 6.40. The van der Waals surface area contributed by atoms with E-state index in [1.165, 1.54) is 0 Å². The number of piperazine rings is 1. The van der Waals surface area contributed by atoms with Crippen molar-refractivity contribution in [3.8, 4) is 0 Å². The quantitative estimate of drug-likeness (QED) is 0.840. The minimum atomic E-state index is -0.114. The molecule has 2 aromatic rings. The van der Waals surface area contributed by atoms with E-state index in [1.54, 1.807) is 23.2 Å². The minimum Gasteiger partial charge on any atom is -0.366 e. The Morgan fingerprint density at radius 3 is 2.71 bits per heavy atom. The van der Waals surface area contributed by atoms with Crippen LogP contribution in [0.5, 0.6) is 0 Å². The molecule has 0 spiro atoms. The molecule has 0 atom stereocenters. The van der Waals surface area contributed by atoms with Gasteiger partial charge in [0.15, 0.2) is 0 Å². The number of amides is 2. The molecule has 2 heterocycles. The smallest absolute Gasteiger partial charge is 0.254 e. The van der Waals surface area contributed by atoms with Crippen LogP contribution in [0.25, 0.3) is 0 Å². The zero-order chi connectivity index (χ0) is 16.9. The SMILES string of the molecule is O=C1CN(C(=O)c2ccc(CNc3ccc(Br)cn3)cc2)CCN1. The Balaban J connectivity index is 1.59. The summed E-state index contributed by atoms with van der Waals surface area (Å²) < 4.78 is 0.933. The molecule has 0 radical (unpaired) electrons. The second-order valence-electron chi connectivity index (χ2n) is 5.49. The Hall–Kier alpha value is -2.41. The first-order chi connectivity index (χ1) is 11.6. The van der Waals surface area contributed by atoms with Crippen molar-refractivity contribution >= 4 is 33.6 Å². The highest BCUT2D eigenvalue weighted by Crippen LogP contribution is 2.13. The van der Waals surface area contributed by atoms with E-state index in [-0.39, 0.29) is 18.4 Å². The molecule has 24 heavy (non-hydrogen) atoms. The summed E-state index contributed by atoms with van der Waals surface area (Å²) in [6.45, 7) is 1.79. The number of aromatic nitrogens is 1. The van der Waals surface area contributed by atoms with E-state index in [9.17, 15) is 9.59 Å². The molecule has 3 rings (SSSR count). The van der Waals surface area contributed by atoms with Crippen LogP contribution in [0.2, 0.25) is 0 Å². The zero-order valence-corrected chi connectivity index (χ0v) is 14.5. The first kappa shape index (κ1) is 16.4. The van der Waals surface area contributed by atoms with Crippen molar-refractivity contribution in [2.75, 3.05) is 25.0 Å². The summed E-state index contributed by atoms with van der Waals surface area (Å²) in [7, 11) is 0. The third-order valence-corrected chi connectivity index (χ3v) is 4.20. The van der Waals surface area contributed by atoms with Gasteiger partial charge in [0.1, 0.15) is 5.82 Å². The molecule has 1 aliphatic heterocycles. The topological polar surface area (TPSA) is 74.3 Å². The average Bonchev–Trinajstić information content (AvgIpc) is 2.61. The number of anilines is 1. The summed E-state index contributed by atoms with van der Waals surface area (Å²) in [5.74, 6) is 0.564. The molecule has 0 saturated carbocycles. The first-order valence-corrected chi connectivity index (χ1v) is 8.41. The number of nitrogens with zero attached hydrogens (tertiary/aromatic N) is 2. The standard InChI is InChI=1S/C17H17BrN4O2/c18-14-5-6-15(21-10-14)20-9-12-1-3-13(4-2-12)17(24)22-8-7-19-16(23)11-22/h1-6,10H,7-9,11H2,(H,19,23)(H,20,21). The Morgan fingerprint density at radius 1 is 1.25 bits per heavy atom. The second kappa shape index (κ2) is 7.44. The van der Waals surface area contributed by atoms with Crippen LogP contribution in [-0.2, 0) is 11.3 Å². The number of hydrogen-bond donors (Lipinski definition) is 2. The highest BCUT2D eigenvalue weighted by molar-refractivity contribution is 9.10. The Labute approximate surface area is 148 Å². The summed E-state index contributed by atoms with van der Waals surface area (Å²) in [5, 5.41) is 5.94. The molecule has 2 N–H and O–H groups in total. The molecular weight excluding hydrogens is 372 g/mol. The van der Waals surface area contributed by atoms with Crippen molar-refractivity contribution in [1.82, 2.24) is 15.2 Å². The van der Waals surface area contributed by atoms with Crippen molar-refractivity contribution in [3.63, 3.8) is 0 Å². The first-order valence-electron chi connectivity index (χ1n) is 7.62. The Kier molecular flexibility index (Phi) is 5.10. The summed E-state index contributed by atoms with van der Waals surface area (Å²) >= 11 is 3.35. The normalized spacial score (nSPS) is 14.2. The molecule has 1 aromatic heterocycles. The van der Waals surface area contributed by atoms with E-state index in [1.807, 2.05) is 24.3 Å². The predicted molar refractivity (Wildman–Crippen MR) is 94.6 cm³/mol. The van der Waals surface area contributed by atoms with Gasteiger partial charge in [-0.3, -0.25) is 9.59 Å². The number of nitrogens with one attached hydrogen (secondary N) is 2. The van der Waals surface area contributed by atoms with Gasteiger partial charge in [-0.2, -0.15) is 0 Å². The number of carbonyl (C=O) groups excluding carboxylic acids is 2. The van der Waals surface area contributed by atoms with Crippen LogP contribution >= 0.6 is 15.9 Å². The molecule has 0 unspecified atom stereocenters. The Morgan fingerprint density at radius 2 is 2.04 bits per heavy atom. The largest absolute Gasteiger partial charge is 0.366 e. The van der Waals surface area contributed by atoms with Gasteiger partial charge in [0, 0.05) is 35.9 Å². The van der Waals surface area contributed by atoms with E-state index in [0.717, 1.165) is 15.9 Å². The maximum atomic E-state index is 12.4. The van der Waals surface area contributed by atoms with E-state index in [0.29, 0.717) is 25.2 Å². The highest BCUT2D eigenvalue weighted by atomic mass is 79.9. The molecule has 124 valence electrons. The van der Waals surface area contributed by atoms with Gasteiger partial charge >= 0.3 is 0 Å². The number of rotatable bonds is 4. The van der Waals surface area contributed by atoms with Crippen molar-refractivity contribution in [2.45, 2.75) is 6.54 Å². The molecule has 0 aliphatic carbocycles. The van der Waals surface area contributed by atoms with Crippen LogP contribution in [0.1, 0.15) is 15.9 Å². The zero-order valence-electron chi connectivity index (χ0n) is 13.0. The van der Waals surface area contributed by atoms with Crippen molar-refractivity contribution < 1.29 is 9.59 Å². The van der Waals surface area contributed by atoms with Crippen LogP contribution in [0.15, 0.2) is 47.1 Å². The van der Waals surface area contributed by atoms with Gasteiger partial charge in [0.25, 0.3) is 5.91 Å². The summed E-state index contributed by atoms with van der Waals surface area (Å²) in [5.41, 5.74) is 1.64. The lowest BCUT2D eigenvalue weighted by molar-refractivity contribution is -0.123. The van der Waals surface area contributed by atoms with Gasteiger partial charge in [-0.1, -0.05) is 12.1 Å². The lowest BCUT2D eigenvalue weighted by atomic mass is 10.1. The van der Waals surface area contributed by atoms with E-state index in [4.69, 9.17) is 0 Å². The summed E-state index contributed by atoms with van der Waals surface area (Å²) in [4.78, 5) is 29.6. The van der Waals surface area contributed by atoms with Crippen molar-refractivity contribution in [2.24, 2.45) is 0 Å². The molecule has 7 heteroatoms. The van der Waals surface area contributed by atoms with Crippen LogP contribution in [0.4, 0.5) is 5.82 Å². The Bertz CT molecular complexity index is 731.